The number of hydrogen-bond donors (Lipinski definition) is 1. The molecule has 0 fully saturated rings. The summed E-state index contributed by atoms with van der Waals surface area (Å²) in [6, 6.07) is 8.55. The first-order chi connectivity index (χ1) is 9.11. The highest BCUT2D eigenvalue weighted by atomic mass is 16.5. The van der Waals surface area contributed by atoms with Crippen LogP contribution in [0.25, 0.3) is 0 Å². The Morgan fingerprint density at radius 3 is 2.79 bits per heavy atom. The normalized spacial score (nSPS) is 10.0. The van der Waals surface area contributed by atoms with Crippen LogP contribution in [0.1, 0.15) is 10.4 Å². The largest absolute Gasteiger partial charge is 0.506 e. The van der Waals surface area contributed by atoms with Crippen LogP contribution in [0.3, 0.4) is 0 Å². The van der Waals surface area contributed by atoms with Crippen LogP contribution in [0, 0.1) is 0 Å². The minimum Gasteiger partial charge on any atom is -0.506 e. The van der Waals surface area contributed by atoms with E-state index >= 15 is 0 Å². The third-order valence-electron chi connectivity index (χ3n) is 2.72. The van der Waals surface area contributed by atoms with Crippen LogP contribution in [0.15, 0.2) is 42.7 Å². The molecule has 0 radical (unpaired) electrons. The van der Waals surface area contributed by atoms with Crippen LogP contribution in [-0.4, -0.2) is 30.2 Å². The zero-order chi connectivity index (χ0) is 13.8. The van der Waals surface area contributed by atoms with Crippen molar-refractivity contribution in [3.63, 3.8) is 0 Å². The number of pyridine rings is 1. The maximum atomic E-state index is 12.2. The molecule has 2 rings (SSSR count). The highest BCUT2D eigenvalue weighted by Gasteiger charge is 2.14. The van der Waals surface area contributed by atoms with Gasteiger partial charge in [0.1, 0.15) is 11.5 Å². The van der Waals surface area contributed by atoms with Crippen LogP contribution in [0.4, 0.5) is 5.69 Å². The zero-order valence-corrected chi connectivity index (χ0v) is 10.7. The average Bonchev–Trinajstić information content (AvgIpc) is 2.45. The van der Waals surface area contributed by atoms with Crippen LogP contribution in [0.2, 0.25) is 0 Å². The van der Waals surface area contributed by atoms with Crippen molar-refractivity contribution < 1.29 is 14.6 Å². The van der Waals surface area contributed by atoms with Gasteiger partial charge in [0.2, 0.25) is 0 Å². The Morgan fingerprint density at radius 2 is 2.11 bits per heavy atom. The van der Waals surface area contributed by atoms with Gasteiger partial charge in [-0.15, -0.1) is 0 Å². The predicted octanol–water partition coefficient (Wildman–Crippen LogP) is 2.07. The van der Waals surface area contributed by atoms with E-state index in [2.05, 4.69) is 4.98 Å². The van der Waals surface area contributed by atoms with E-state index < -0.39 is 0 Å². The molecule has 1 amide bonds. The molecule has 2 aromatic rings. The zero-order valence-electron chi connectivity index (χ0n) is 10.7. The molecule has 19 heavy (non-hydrogen) atoms. The topological polar surface area (TPSA) is 62.7 Å². The lowest BCUT2D eigenvalue weighted by atomic mass is 10.2. The molecule has 5 heteroatoms. The second-order valence-corrected chi connectivity index (χ2v) is 4.00. The Balaban J connectivity index is 2.28. The monoisotopic (exact) mass is 258 g/mol. The molecule has 1 heterocycles. The van der Waals surface area contributed by atoms with Crippen molar-refractivity contribution in [2.75, 3.05) is 19.1 Å². The van der Waals surface area contributed by atoms with Crippen molar-refractivity contribution in [2.24, 2.45) is 0 Å². The molecule has 1 aromatic heterocycles. The fourth-order valence-electron chi connectivity index (χ4n) is 1.67. The minimum atomic E-state index is -0.253. The summed E-state index contributed by atoms with van der Waals surface area (Å²) in [5, 5.41) is 9.34. The number of anilines is 1. The predicted molar refractivity (Wildman–Crippen MR) is 71.6 cm³/mol. The van der Waals surface area contributed by atoms with Gasteiger partial charge in [0.15, 0.2) is 0 Å². The molecule has 5 nitrogen and oxygen atoms in total. The van der Waals surface area contributed by atoms with Crippen LogP contribution in [0.5, 0.6) is 11.5 Å². The van der Waals surface area contributed by atoms with E-state index in [0.29, 0.717) is 17.0 Å². The van der Waals surface area contributed by atoms with Gasteiger partial charge in [0.25, 0.3) is 5.91 Å². The summed E-state index contributed by atoms with van der Waals surface area (Å²) in [6.45, 7) is 0. The van der Waals surface area contributed by atoms with Gasteiger partial charge in [0.05, 0.1) is 18.9 Å². The van der Waals surface area contributed by atoms with Gasteiger partial charge in [0, 0.05) is 25.0 Å². The lowest BCUT2D eigenvalue weighted by molar-refractivity contribution is 0.0992. The van der Waals surface area contributed by atoms with Gasteiger partial charge in [-0.3, -0.25) is 9.78 Å². The molecule has 98 valence electrons. The minimum absolute atomic E-state index is 0.0371. The Morgan fingerprint density at radius 1 is 1.32 bits per heavy atom. The SMILES string of the molecule is COc1cccc(N(C)C(=O)c2cncc(O)c2)c1. The number of rotatable bonds is 3. The summed E-state index contributed by atoms with van der Waals surface area (Å²) in [7, 11) is 3.22. The quantitative estimate of drug-likeness (QED) is 0.915. The van der Waals surface area contributed by atoms with Crippen molar-refractivity contribution in [1.82, 2.24) is 4.98 Å². The molecule has 0 spiro atoms. The fraction of sp³-hybridized carbons (Fsp3) is 0.143. The van der Waals surface area contributed by atoms with E-state index in [1.165, 1.54) is 23.4 Å². The summed E-state index contributed by atoms with van der Waals surface area (Å²) in [5.41, 5.74) is 1.03. The maximum Gasteiger partial charge on any atom is 0.259 e. The van der Waals surface area contributed by atoms with E-state index in [1.54, 1.807) is 38.4 Å². The number of hydrogen-bond acceptors (Lipinski definition) is 4. The second kappa shape index (κ2) is 5.39. The summed E-state index contributed by atoms with van der Waals surface area (Å²) in [5.74, 6) is 0.382. The van der Waals surface area contributed by atoms with E-state index in [1.807, 2.05) is 0 Å². The van der Waals surface area contributed by atoms with Gasteiger partial charge in [-0.05, 0) is 18.2 Å². The first-order valence-electron chi connectivity index (χ1n) is 5.68. The highest BCUT2D eigenvalue weighted by Crippen LogP contribution is 2.21. The van der Waals surface area contributed by atoms with Gasteiger partial charge < -0.3 is 14.7 Å². The molecule has 0 unspecified atom stereocenters. The standard InChI is InChI=1S/C14H14N2O3/c1-16(11-4-3-5-13(7-11)19-2)14(18)10-6-12(17)9-15-8-10/h3-9,17H,1-2H3. The van der Waals surface area contributed by atoms with Crippen molar-refractivity contribution in [3.05, 3.63) is 48.3 Å². The Labute approximate surface area is 111 Å². The smallest absolute Gasteiger partial charge is 0.259 e. The number of carbonyl (C=O) groups is 1. The first-order valence-corrected chi connectivity index (χ1v) is 5.68. The van der Waals surface area contributed by atoms with E-state index in [0.717, 1.165) is 0 Å². The van der Waals surface area contributed by atoms with Gasteiger partial charge in [-0.1, -0.05) is 6.07 Å². The van der Waals surface area contributed by atoms with Gasteiger partial charge >= 0.3 is 0 Å². The van der Waals surface area contributed by atoms with Crippen LogP contribution in [-0.2, 0) is 0 Å². The van der Waals surface area contributed by atoms with Crippen LogP contribution < -0.4 is 9.64 Å². The Hall–Kier alpha value is -2.56. The second-order valence-electron chi connectivity index (χ2n) is 4.00. The number of aromatic nitrogens is 1. The molecule has 1 aromatic carbocycles. The van der Waals surface area contributed by atoms with E-state index in [4.69, 9.17) is 4.74 Å². The molecular weight excluding hydrogens is 244 g/mol. The average molecular weight is 258 g/mol. The number of carbonyl (C=O) groups excluding carboxylic acids is 1. The third-order valence-corrected chi connectivity index (χ3v) is 2.72. The number of ether oxygens (including phenoxy) is 1. The third kappa shape index (κ3) is 2.82. The van der Waals surface area contributed by atoms with E-state index in [9.17, 15) is 9.90 Å². The molecular formula is C14H14N2O3. The molecule has 0 saturated heterocycles. The maximum absolute atomic E-state index is 12.2. The fourth-order valence-corrected chi connectivity index (χ4v) is 1.67. The number of methoxy groups -OCH3 is 1. The van der Waals surface area contributed by atoms with E-state index in [-0.39, 0.29) is 11.7 Å². The molecule has 0 saturated carbocycles. The van der Waals surface area contributed by atoms with Crippen molar-refractivity contribution in [2.45, 2.75) is 0 Å². The molecule has 0 bridgehead atoms. The Bertz CT molecular complexity index is 599. The van der Waals surface area contributed by atoms with Crippen LogP contribution >= 0.6 is 0 Å². The lowest BCUT2D eigenvalue weighted by Gasteiger charge is -2.17. The summed E-state index contributed by atoms with van der Waals surface area (Å²) in [4.78, 5) is 17.5. The summed E-state index contributed by atoms with van der Waals surface area (Å²) >= 11 is 0. The number of benzene rings is 1. The van der Waals surface area contributed by atoms with Crippen molar-refractivity contribution in [1.29, 1.82) is 0 Å². The summed E-state index contributed by atoms with van der Waals surface area (Å²) in [6.07, 6.45) is 2.70. The van der Waals surface area contributed by atoms with Gasteiger partial charge in [-0.2, -0.15) is 0 Å². The van der Waals surface area contributed by atoms with Crippen molar-refractivity contribution in [3.8, 4) is 11.5 Å². The summed E-state index contributed by atoms with van der Waals surface area (Å²) < 4.78 is 5.12. The lowest BCUT2D eigenvalue weighted by Crippen LogP contribution is -2.26. The molecule has 1 N–H and O–H groups in total. The number of amides is 1. The first kappa shape index (κ1) is 12.9. The van der Waals surface area contributed by atoms with Crippen molar-refractivity contribution >= 4 is 11.6 Å². The molecule has 0 aliphatic carbocycles. The Kier molecular flexibility index (Phi) is 3.66. The molecule has 0 aliphatic rings. The molecule has 0 atom stereocenters. The van der Waals surface area contributed by atoms with Gasteiger partial charge in [-0.25, -0.2) is 0 Å². The highest BCUT2D eigenvalue weighted by molar-refractivity contribution is 6.05. The number of nitrogens with zero attached hydrogens (tertiary/aromatic N) is 2. The molecule has 0 aliphatic heterocycles. The number of aromatic hydroxyl groups is 1.